The van der Waals surface area contributed by atoms with Crippen molar-refractivity contribution in [3.05, 3.63) is 52.6 Å². The molecule has 1 fully saturated rings. The Kier molecular flexibility index (Phi) is 6.68. The van der Waals surface area contributed by atoms with Gasteiger partial charge >= 0.3 is 0 Å². The van der Waals surface area contributed by atoms with Gasteiger partial charge in [0.25, 0.3) is 10.9 Å². The van der Waals surface area contributed by atoms with Gasteiger partial charge in [0.1, 0.15) is 5.75 Å². The number of methoxy groups -OCH3 is 1. The van der Waals surface area contributed by atoms with Gasteiger partial charge in [-0.1, -0.05) is 6.92 Å². The number of nitro groups is 1. The van der Waals surface area contributed by atoms with Crippen molar-refractivity contribution in [3.63, 3.8) is 0 Å². The summed E-state index contributed by atoms with van der Waals surface area (Å²) in [7, 11) is -2.26. The maximum atomic E-state index is 13.0. The van der Waals surface area contributed by atoms with E-state index in [0.717, 1.165) is 30.7 Å². The molecular formula is C21H22N4O6S2. The van der Waals surface area contributed by atoms with E-state index in [9.17, 15) is 18.5 Å². The van der Waals surface area contributed by atoms with E-state index in [0.29, 0.717) is 24.4 Å². The molecule has 12 heteroatoms. The Balaban J connectivity index is 1.59. The van der Waals surface area contributed by atoms with Gasteiger partial charge in [0.05, 0.1) is 21.8 Å². The van der Waals surface area contributed by atoms with E-state index in [2.05, 4.69) is 10.2 Å². The van der Waals surface area contributed by atoms with E-state index in [-0.39, 0.29) is 32.5 Å². The van der Waals surface area contributed by atoms with Crippen LogP contribution in [0.4, 0.5) is 5.69 Å². The first-order chi connectivity index (χ1) is 15.8. The molecule has 0 amide bonds. The molecule has 10 nitrogen and oxygen atoms in total. The first kappa shape index (κ1) is 23.2. The van der Waals surface area contributed by atoms with Crippen LogP contribution in [0.3, 0.4) is 0 Å². The van der Waals surface area contributed by atoms with Gasteiger partial charge in [-0.3, -0.25) is 10.1 Å². The van der Waals surface area contributed by atoms with Crippen LogP contribution >= 0.6 is 11.8 Å². The molecular weight excluding hydrogens is 468 g/mol. The minimum atomic E-state index is -3.82. The van der Waals surface area contributed by atoms with Crippen LogP contribution in [0.1, 0.15) is 19.8 Å². The van der Waals surface area contributed by atoms with E-state index in [1.54, 1.807) is 31.4 Å². The summed E-state index contributed by atoms with van der Waals surface area (Å²) in [6, 6.07) is 10.9. The van der Waals surface area contributed by atoms with Crippen molar-refractivity contribution in [2.24, 2.45) is 5.92 Å². The minimum Gasteiger partial charge on any atom is -0.497 e. The standard InChI is InChI=1S/C21H22N4O6S2/c1-14-4-3-11-24(13-14)33(28,29)17-9-10-19(18(12-17)25(26)27)32-21-23-22-20(31-21)15-5-7-16(30-2)8-6-15/h5-10,12,14H,3-4,11,13H2,1-2H3. The third-order valence-corrected chi connectivity index (χ3v) is 8.09. The molecule has 2 aromatic carbocycles. The van der Waals surface area contributed by atoms with Gasteiger partial charge in [0.15, 0.2) is 0 Å². The molecule has 174 valence electrons. The lowest BCUT2D eigenvalue weighted by molar-refractivity contribution is -0.388. The molecule has 1 saturated heterocycles. The summed E-state index contributed by atoms with van der Waals surface area (Å²) in [5.41, 5.74) is 0.331. The van der Waals surface area contributed by atoms with Gasteiger partial charge in [-0.25, -0.2) is 8.42 Å². The van der Waals surface area contributed by atoms with Gasteiger partial charge in [-0.15, -0.1) is 10.2 Å². The van der Waals surface area contributed by atoms with E-state index in [1.165, 1.54) is 16.4 Å². The number of sulfonamides is 1. The number of rotatable bonds is 7. The molecule has 1 unspecified atom stereocenters. The maximum absolute atomic E-state index is 13.0. The highest BCUT2D eigenvalue weighted by Crippen LogP contribution is 2.37. The second-order valence-corrected chi connectivity index (χ2v) is 10.6. The lowest BCUT2D eigenvalue weighted by Gasteiger charge is -2.30. The van der Waals surface area contributed by atoms with Crippen molar-refractivity contribution < 1.29 is 22.5 Å². The quantitative estimate of drug-likeness (QED) is 0.353. The van der Waals surface area contributed by atoms with Crippen molar-refractivity contribution in [3.8, 4) is 17.2 Å². The summed E-state index contributed by atoms with van der Waals surface area (Å²) >= 11 is 0.906. The molecule has 0 saturated carbocycles. The average molecular weight is 491 g/mol. The number of hydrogen-bond acceptors (Lipinski definition) is 9. The smallest absolute Gasteiger partial charge is 0.284 e. The van der Waals surface area contributed by atoms with Crippen LogP contribution < -0.4 is 4.74 Å². The number of aromatic nitrogens is 2. The summed E-state index contributed by atoms with van der Waals surface area (Å²) < 4.78 is 38.2. The first-order valence-corrected chi connectivity index (χ1v) is 12.5. The molecule has 3 aromatic rings. The third-order valence-electron chi connectivity index (χ3n) is 5.33. The van der Waals surface area contributed by atoms with Crippen molar-refractivity contribution in [1.29, 1.82) is 0 Å². The van der Waals surface area contributed by atoms with E-state index in [4.69, 9.17) is 9.15 Å². The van der Waals surface area contributed by atoms with Crippen LogP contribution in [0.15, 0.2) is 61.9 Å². The highest BCUT2D eigenvalue weighted by Gasteiger charge is 2.31. The van der Waals surface area contributed by atoms with Crippen molar-refractivity contribution >= 4 is 27.5 Å². The summed E-state index contributed by atoms with van der Waals surface area (Å²) in [4.78, 5) is 11.2. The molecule has 2 heterocycles. The fraction of sp³-hybridized carbons (Fsp3) is 0.333. The lowest BCUT2D eigenvalue weighted by atomic mass is 10.0. The largest absolute Gasteiger partial charge is 0.497 e. The summed E-state index contributed by atoms with van der Waals surface area (Å²) in [6.07, 6.45) is 1.73. The Hall–Kier alpha value is -2.96. The highest BCUT2D eigenvalue weighted by molar-refractivity contribution is 7.99. The Bertz CT molecular complexity index is 1260. The number of piperidine rings is 1. The monoisotopic (exact) mass is 490 g/mol. The lowest BCUT2D eigenvalue weighted by Crippen LogP contribution is -2.39. The van der Waals surface area contributed by atoms with Crippen molar-refractivity contribution in [2.45, 2.75) is 34.8 Å². The van der Waals surface area contributed by atoms with Gasteiger partial charge in [0, 0.05) is 24.7 Å². The Labute approximate surface area is 195 Å². The van der Waals surface area contributed by atoms with Crippen LogP contribution in [-0.4, -0.2) is 48.0 Å². The second-order valence-electron chi connectivity index (χ2n) is 7.70. The van der Waals surface area contributed by atoms with Gasteiger partial charge in [-0.2, -0.15) is 4.31 Å². The molecule has 0 bridgehead atoms. The number of nitro benzene ring substituents is 1. The predicted octanol–water partition coefficient (Wildman–Crippen LogP) is 4.23. The van der Waals surface area contributed by atoms with Crippen molar-refractivity contribution in [2.75, 3.05) is 20.2 Å². The van der Waals surface area contributed by atoms with E-state index >= 15 is 0 Å². The molecule has 33 heavy (non-hydrogen) atoms. The number of nitrogens with zero attached hydrogens (tertiary/aromatic N) is 4. The minimum absolute atomic E-state index is 0.0999. The fourth-order valence-corrected chi connectivity index (χ4v) is 5.98. The molecule has 0 N–H and O–H groups in total. The molecule has 0 aliphatic carbocycles. The zero-order chi connectivity index (χ0) is 23.6. The average Bonchev–Trinajstić information content (AvgIpc) is 3.27. The molecule has 1 atom stereocenters. The third kappa shape index (κ3) is 5.02. The van der Waals surface area contributed by atoms with Crippen LogP contribution in [0, 0.1) is 16.0 Å². The Morgan fingerprint density at radius 1 is 1.21 bits per heavy atom. The van der Waals surface area contributed by atoms with E-state index in [1.807, 2.05) is 6.92 Å². The second kappa shape index (κ2) is 9.49. The molecule has 1 aliphatic rings. The zero-order valence-corrected chi connectivity index (χ0v) is 19.6. The van der Waals surface area contributed by atoms with Gasteiger partial charge in [0.2, 0.25) is 15.9 Å². The number of ether oxygens (including phenoxy) is 1. The fourth-order valence-electron chi connectivity index (χ4n) is 3.60. The van der Waals surface area contributed by atoms with Crippen molar-refractivity contribution in [1.82, 2.24) is 14.5 Å². The summed E-state index contributed by atoms with van der Waals surface area (Å²) in [6.45, 7) is 2.81. The molecule has 0 radical (unpaired) electrons. The number of hydrogen-bond donors (Lipinski definition) is 0. The highest BCUT2D eigenvalue weighted by atomic mass is 32.2. The van der Waals surface area contributed by atoms with Crippen LogP contribution in [0.25, 0.3) is 11.5 Å². The van der Waals surface area contributed by atoms with Crippen LogP contribution in [0.2, 0.25) is 0 Å². The van der Waals surface area contributed by atoms with Gasteiger partial charge < -0.3 is 9.15 Å². The van der Waals surface area contributed by atoms with Gasteiger partial charge in [-0.05, 0) is 66.9 Å². The number of benzene rings is 2. The first-order valence-electron chi connectivity index (χ1n) is 10.2. The molecule has 0 spiro atoms. The molecule has 1 aliphatic heterocycles. The topological polar surface area (TPSA) is 129 Å². The normalized spacial score (nSPS) is 17.1. The van der Waals surface area contributed by atoms with Crippen LogP contribution in [0.5, 0.6) is 5.75 Å². The summed E-state index contributed by atoms with van der Waals surface area (Å²) in [5, 5.41) is 19.7. The maximum Gasteiger partial charge on any atom is 0.284 e. The molecule has 1 aromatic heterocycles. The summed E-state index contributed by atoms with van der Waals surface area (Å²) in [5.74, 6) is 1.18. The zero-order valence-electron chi connectivity index (χ0n) is 18.0. The molecule has 4 rings (SSSR count). The van der Waals surface area contributed by atoms with Crippen LogP contribution in [-0.2, 0) is 10.0 Å². The Morgan fingerprint density at radius 2 is 1.97 bits per heavy atom. The SMILES string of the molecule is COc1ccc(-c2nnc(Sc3ccc(S(=O)(=O)N4CCCC(C)C4)cc3[N+](=O)[O-])o2)cc1. The van der Waals surface area contributed by atoms with E-state index < -0.39 is 14.9 Å². The predicted molar refractivity (Wildman–Crippen MR) is 121 cm³/mol. The Morgan fingerprint density at radius 3 is 2.64 bits per heavy atom.